The molecular formula is C30H35F2N7O3. The number of hydrogen-bond acceptors (Lipinski definition) is 9. The minimum atomic E-state index is -0.915. The molecule has 1 unspecified atom stereocenters. The van der Waals surface area contributed by atoms with E-state index >= 15 is 0 Å². The minimum absolute atomic E-state index is 0.325. The predicted molar refractivity (Wildman–Crippen MR) is 158 cm³/mol. The molecule has 0 saturated carbocycles. The van der Waals surface area contributed by atoms with E-state index in [2.05, 4.69) is 51.1 Å². The summed E-state index contributed by atoms with van der Waals surface area (Å²) in [5.41, 5.74) is 2.62. The summed E-state index contributed by atoms with van der Waals surface area (Å²) < 4.78 is 33.2. The van der Waals surface area contributed by atoms with E-state index in [1.54, 1.807) is 24.3 Å². The molecule has 0 spiro atoms. The zero-order valence-corrected chi connectivity index (χ0v) is 23.9. The van der Waals surface area contributed by atoms with E-state index in [1.807, 2.05) is 12.1 Å². The molecule has 2 saturated heterocycles. The Balaban J connectivity index is 1.42. The summed E-state index contributed by atoms with van der Waals surface area (Å²) in [5, 5.41) is 7.78. The van der Waals surface area contributed by atoms with Gasteiger partial charge in [0.15, 0.2) is 17.5 Å². The van der Waals surface area contributed by atoms with Crippen LogP contribution in [0.5, 0.6) is 5.75 Å². The maximum atomic E-state index is 14.0. The lowest BCUT2D eigenvalue weighted by Gasteiger charge is -2.37. The average Bonchev–Trinajstić information content (AvgIpc) is 3.49. The first-order chi connectivity index (χ1) is 20.3. The average molecular weight is 580 g/mol. The first kappa shape index (κ1) is 29.2. The lowest BCUT2D eigenvalue weighted by Crippen LogP contribution is -2.42. The van der Waals surface area contributed by atoms with E-state index in [4.69, 9.17) is 9.57 Å². The van der Waals surface area contributed by atoms with Gasteiger partial charge < -0.3 is 25.2 Å². The minimum Gasteiger partial charge on any atom is -0.494 e. The van der Waals surface area contributed by atoms with Crippen molar-refractivity contribution in [3.05, 3.63) is 72.6 Å². The molecule has 1 aromatic heterocycles. The van der Waals surface area contributed by atoms with E-state index < -0.39 is 11.6 Å². The Morgan fingerprint density at radius 1 is 1.10 bits per heavy atom. The summed E-state index contributed by atoms with van der Waals surface area (Å²) in [7, 11) is 5.77. The molecule has 2 aliphatic rings. The van der Waals surface area contributed by atoms with Gasteiger partial charge in [-0.3, -0.25) is 9.63 Å². The number of carbonyl (C=O) groups is 1. The highest BCUT2D eigenvalue weighted by Crippen LogP contribution is 2.40. The second kappa shape index (κ2) is 12.7. The molecule has 5 rings (SSSR count). The van der Waals surface area contributed by atoms with Crippen LogP contribution in [0.2, 0.25) is 0 Å². The van der Waals surface area contributed by atoms with Crippen LogP contribution in [0, 0.1) is 11.6 Å². The van der Waals surface area contributed by atoms with Crippen molar-refractivity contribution in [3.63, 3.8) is 0 Å². The summed E-state index contributed by atoms with van der Waals surface area (Å²) in [5.74, 6) is -0.693. The molecule has 1 amide bonds. The number of hydroxylamine groups is 1. The SMILES string of the molecule is C=CC(=O)Nc1cc(Nc2cc(N3OCCC3c3ccc(F)c(F)c3)ncn2)c(OC)cc1N1CCC(N(C)C)CC1. The third-order valence-electron chi connectivity index (χ3n) is 7.67. The van der Waals surface area contributed by atoms with Gasteiger partial charge in [0, 0.05) is 37.7 Å². The highest BCUT2D eigenvalue weighted by Gasteiger charge is 2.30. The Kier molecular flexibility index (Phi) is 8.83. The van der Waals surface area contributed by atoms with E-state index in [0.29, 0.717) is 53.4 Å². The number of methoxy groups -OCH3 is 1. The molecule has 0 radical (unpaired) electrons. The van der Waals surface area contributed by atoms with E-state index in [-0.39, 0.29) is 11.9 Å². The van der Waals surface area contributed by atoms with Gasteiger partial charge in [-0.1, -0.05) is 12.6 Å². The van der Waals surface area contributed by atoms with Crippen LogP contribution in [-0.4, -0.2) is 67.7 Å². The van der Waals surface area contributed by atoms with Gasteiger partial charge >= 0.3 is 0 Å². The van der Waals surface area contributed by atoms with Gasteiger partial charge in [0.2, 0.25) is 5.91 Å². The molecule has 1 atom stereocenters. The van der Waals surface area contributed by atoms with Gasteiger partial charge in [0.05, 0.1) is 36.8 Å². The van der Waals surface area contributed by atoms with Gasteiger partial charge in [-0.25, -0.2) is 23.8 Å². The number of halogens is 2. The van der Waals surface area contributed by atoms with Crippen LogP contribution < -0.4 is 25.3 Å². The van der Waals surface area contributed by atoms with Crippen molar-refractivity contribution in [2.75, 3.05) is 61.5 Å². The van der Waals surface area contributed by atoms with Crippen LogP contribution in [0.4, 0.5) is 37.5 Å². The van der Waals surface area contributed by atoms with Gasteiger partial charge in [0.1, 0.15) is 17.9 Å². The number of amides is 1. The maximum absolute atomic E-state index is 14.0. The fourth-order valence-electron chi connectivity index (χ4n) is 5.40. The van der Waals surface area contributed by atoms with Crippen molar-refractivity contribution in [2.24, 2.45) is 0 Å². The number of carbonyl (C=O) groups excluding carboxylic acids is 1. The largest absolute Gasteiger partial charge is 0.494 e. The number of hydrogen-bond donors (Lipinski definition) is 2. The molecule has 3 heterocycles. The molecule has 0 aliphatic carbocycles. The topological polar surface area (TPSA) is 95.1 Å². The number of piperidine rings is 1. The molecule has 2 N–H and O–H groups in total. The first-order valence-electron chi connectivity index (χ1n) is 13.8. The van der Waals surface area contributed by atoms with Gasteiger partial charge in [-0.2, -0.15) is 0 Å². The third-order valence-corrected chi connectivity index (χ3v) is 7.67. The fourth-order valence-corrected chi connectivity index (χ4v) is 5.40. The van der Waals surface area contributed by atoms with Crippen molar-refractivity contribution < 1.29 is 23.1 Å². The lowest BCUT2D eigenvalue weighted by molar-refractivity contribution is -0.111. The summed E-state index contributed by atoms with van der Waals surface area (Å²) in [6.07, 6.45) is 5.19. The van der Waals surface area contributed by atoms with Crippen molar-refractivity contribution >= 4 is 34.6 Å². The zero-order valence-electron chi connectivity index (χ0n) is 23.9. The van der Waals surface area contributed by atoms with Crippen molar-refractivity contribution in [1.29, 1.82) is 0 Å². The third kappa shape index (κ3) is 6.29. The smallest absolute Gasteiger partial charge is 0.247 e. The van der Waals surface area contributed by atoms with Crippen molar-refractivity contribution in [2.45, 2.75) is 31.3 Å². The van der Waals surface area contributed by atoms with E-state index in [9.17, 15) is 13.6 Å². The van der Waals surface area contributed by atoms with Crippen LogP contribution in [0.15, 0.2) is 55.4 Å². The number of anilines is 5. The van der Waals surface area contributed by atoms with Crippen LogP contribution in [-0.2, 0) is 9.63 Å². The molecule has 0 bridgehead atoms. The lowest BCUT2D eigenvalue weighted by atomic mass is 10.0. The molecule has 222 valence electrons. The van der Waals surface area contributed by atoms with Gasteiger partial charge in [0.25, 0.3) is 0 Å². The van der Waals surface area contributed by atoms with Crippen molar-refractivity contribution in [1.82, 2.24) is 14.9 Å². The normalized spacial score (nSPS) is 17.4. The highest BCUT2D eigenvalue weighted by molar-refractivity contribution is 6.02. The summed E-state index contributed by atoms with van der Waals surface area (Å²) in [6, 6.07) is 9.39. The summed E-state index contributed by atoms with van der Waals surface area (Å²) in [6.45, 7) is 5.65. The van der Waals surface area contributed by atoms with Crippen molar-refractivity contribution in [3.8, 4) is 5.75 Å². The number of nitrogens with zero attached hydrogens (tertiary/aromatic N) is 5. The quantitative estimate of drug-likeness (QED) is 0.338. The highest BCUT2D eigenvalue weighted by atomic mass is 19.2. The van der Waals surface area contributed by atoms with Crippen LogP contribution in [0.25, 0.3) is 0 Å². The standard InChI is InChI=1S/C30H35F2N7O3/c1-5-30(40)36-23-15-24(27(41-4)16-26(23)38-11-8-20(9-12-38)37(2)3)35-28-17-29(34-18-33-28)39-25(10-13-42-39)19-6-7-21(31)22(32)14-19/h5-7,14-18,20,25H,1,8-13H2,2-4H3,(H,36,40)(H,33,34,35). The summed E-state index contributed by atoms with van der Waals surface area (Å²) >= 11 is 0. The monoisotopic (exact) mass is 579 g/mol. The molecule has 12 heteroatoms. The number of aromatic nitrogens is 2. The number of ether oxygens (including phenoxy) is 1. The Morgan fingerprint density at radius 2 is 1.88 bits per heavy atom. The number of benzene rings is 2. The van der Waals surface area contributed by atoms with E-state index in [0.717, 1.165) is 37.7 Å². The van der Waals surface area contributed by atoms with E-state index in [1.165, 1.54) is 18.5 Å². The Bertz CT molecular complexity index is 1450. The molecule has 2 aliphatic heterocycles. The Morgan fingerprint density at radius 3 is 2.57 bits per heavy atom. The molecule has 3 aromatic rings. The Hall–Kier alpha value is -4.29. The van der Waals surface area contributed by atoms with Crippen LogP contribution >= 0.6 is 0 Å². The number of rotatable bonds is 9. The van der Waals surface area contributed by atoms with Crippen LogP contribution in [0.3, 0.4) is 0 Å². The second-order valence-electron chi connectivity index (χ2n) is 10.5. The Labute approximate surface area is 243 Å². The zero-order chi connectivity index (χ0) is 29.8. The maximum Gasteiger partial charge on any atom is 0.247 e. The first-order valence-corrected chi connectivity index (χ1v) is 13.8. The van der Waals surface area contributed by atoms with Gasteiger partial charge in [-0.05, 0) is 56.8 Å². The van der Waals surface area contributed by atoms with Gasteiger partial charge in [-0.15, -0.1) is 0 Å². The second-order valence-corrected chi connectivity index (χ2v) is 10.5. The molecular weight excluding hydrogens is 544 g/mol. The predicted octanol–water partition coefficient (Wildman–Crippen LogP) is 5.04. The summed E-state index contributed by atoms with van der Waals surface area (Å²) in [4.78, 5) is 31.4. The molecule has 2 aromatic carbocycles. The molecule has 42 heavy (non-hydrogen) atoms. The molecule has 2 fully saturated rings. The molecule has 10 nitrogen and oxygen atoms in total. The van der Waals surface area contributed by atoms with Crippen LogP contribution in [0.1, 0.15) is 30.9 Å². The fraction of sp³-hybridized carbons (Fsp3) is 0.367. The number of nitrogens with one attached hydrogen (secondary N) is 2.